The lowest BCUT2D eigenvalue weighted by Crippen LogP contribution is -2.19. The first-order valence-electron chi connectivity index (χ1n) is 9.81. The van der Waals surface area contributed by atoms with Crippen molar-refractivity contribution in [3.8, 4) is 5.75 Å². The molecule has 1 aliphatic heterocycles. The summed E-state index contributed by atoms with van der Waals surface area (Å²) in [5, 5.41) is 4.10. The number of thioether (sulfide) groups is 1. The Morgan fingerprint density at radius 1 is 1.03 bits per heavy atom. The summed E-state index contributed by atoms with van der Waals surface area (Å²) in [7, 11) is 0. The van der Waals surface area contributed by atoms with Crippen LogP contribution in [0.4, 0.5) is 5.69 Å². The highest BCUT2D eigenvalue weighted by molar-refractivity contribution is 8.18. The minimum atomic E-state index is -0.147. The van der Waals surface area contributed by atoms with E-state index in [-0.39, 0.29) is 5.91 Å². The molecule has 1 N–H and O–H groups in total. The molecule has 0 radical (unpaired) electrons. The lowest BCUT2D eigenvalue weighted by atomic mass is 10.1. The van der Waals surface area contributed by atoms with E-state index in [1.165, 1.54) is 22.9 Å². The van der Waals surface area contributed by atoms with E-state index in [0.29, 0.717) is 21.7 Å². The summed E-state index contributed by atoms with van der Waals surface area (Å²) in [6.45, 7) is 4.51. The predicted molar refractivity (Wildman–Crippen MR) is 129 cm³/mol. The molecule has 0 aromatic heterocycles. The van der Waals surface area contributed by atoms with Gasteiger partial charge in [-0.2, -0.15) is 0 Å². The van der Waals surface area contributed by atoms with Crippen molar-refractivity contribution in [2.75, 3.05) is 0 Å². The normalized spacial score (nSPS) is 16.0. The fourth-order valence-electron chi connectivity index (χ4n) is 2.98. The van der Waals surface area contributed by atoms with Gasteiger partial charge in [-0.25, -0.2) is 4.99 Å². The SMILES string of the molecule is Cc1ccc(N=C2NC(=O)/C(=C/c3ccc(OCc4ccccc4Cl)cc3)S2)cc1C. The third-order valence-corrected chi connectivity index (χ3v) is 6.18. The molecule has 0 unspecified atom stereocenters. The molecular weight excluding hydrogens is 428 g/mol. The van der Waals surface area contributed by atoms with Crippen LogP contribution in [0.3, 0.4) is 0 Å². The first-order valence-corrected chi connectivity index (χ1v) is 11.0. The standard InChI is InChI=1S/C25H21ClN2O2S/c1-16-7-10-20(13-17(16)2)27-25-28-24(29)23(31-25)14-18-8-11-21(12-9-18)30-15-19-5-3-4-6-22(19)26/h3-14H,15H2,1-2H3,(H,27,28,29)/b23-14-. The van der Waals surface area contributed by atoms with Crippen molar-refractivity contribution in [3.63, 3.8) is 0 Å². The summed E-state index contributed by atoms with van der Waals surface area (Å²) in [6.07, 6.45) is 1.85. The van der Waals surface area contributed by atoms with E-state index in [2.05, 4.69) is 17.2 Å². The monoisotopic (exact) mass is 448 g/mol. The summed E-state index contributed by atoms with van der Waals surface area (Å²) in [5.74, 6) is 0.592. The molecule has 4 rings (SSSR count). The second-order valence-electron chi connectivity index (χ2n) is 7.20. The van der Waals surface area contributed by atoms with Gasteiger partial charge in [0.05, 0.1) is 10.6 Å². The number of aryl methyl sites for hydroxylation is 2. The number of rotatable bonds is 5. The van der Waals surface area contributed by atoms with Gasteiger partial charge >= 0.3 is 0 Å². The molecule has 0 atom stereocenters. The minimum Gasteiger partial charge on any atom is -0.489 e. The zero-order valence-electron chi connectivity index (χ0n) is 17.2. The molecule has 0 spiro atoms. The Morgan fingerprint density at radius 3 is 2.55 bits per heavy atom. The zero-order chi connectivity index (χ0) is 21.8. The molecule has 1 aliphatic rings. The van der Waals surface area contributed by atoms with Crippen molar-refractivity contribution >= 4 is 46.2 Å². The van der Waals surface area contributed by atoms with Gasteiger partial charge in [0.2, 0.25) is 0 Å². The number of hydrogen-bond acceptors (Lipinski definition) is 4. The molecule has 4 nitrogen and oxygen atoms in total. The van der Waals surface area contributed by atoms with Crippen LogP contribution in [0.25, 0.3) is 6.08 Å². The van der Waals surface area contributed by atoms with Crippen molar-refractivity contribution in [3.05, 3.63) is 98.9 Å². The third-order valence-electron chi connectivity index (χ3n) is 4.90. The van der Waals surface area contributed by atoms with Crippen LogP contribution in [0.2, 0.25) is 5.02 Å². The van der Waals surface area contributed by atoms with Crippen molar-refractivity contribution in [2.24, 2.45) is 4.99 Å². The van der Waals surface area contributed by atoms with Gasteiger partial charge in [0, 0.05) is 10.6 Å². The highest BCUT2D eigenvalue weighted by Gasteiger charge is 2.23. The maximum Gasteiger partial charge on any atom is 0.264 e. The first kappa shape index (κ1) is 21.2. The van der Waals surface area contributed by atoms with Gasteiger partial charge in [-0.1, -0.05) is 48.0 Å². The van der Waals surface area contributed by atoms with E-state index >= 15 is 0 Å². The topological polar surface area (TPSA) is 50.7 Å². The lowest BCUT2D eigenvalue weighted by molar-refractivity contribution is -0.115. The van der Waals surface area contributed by atoms with Crippen LogP contribution >= 0.6 is 23.4 Å². The van der Waals surface area contributed by atoms with Crippen molar-refractivity contribution in [1.82, 2.24) is 5.32 Å². The van der Waals surface area contributed by atoms with Crippen LogP contribution in [-0.2, 0) is 11.4 Å². The van der Waals surface area contributed by atoms with Crippen LogP contribution in [-0.4, -0.2) is 11.1 Å². The van der Waals surface area contributed by atoms with Gasteiger partial charge in [-0.05, 0) is 78.7 Å². The number of aliphatic imine (C=N–C) groups is 1. The van der Waals surface area contributed by atoms with Crippen LogP contribution in [0.15, 0.2) is 76.6 Å². The van der Waals surface area contributed by atoms with E-state index in [1.54, 1.807) is 0 Å². The van der Waals surface area contributed by atoms with Crippen LogP contribution in [0, 0.1) is 13.8 Å². The number of amidine groups is 1. The molecule has 31 heavy (non-hydrogen) atoms. The van der Waals surface area contributed by atoms with Gasteiger partial charge in [-0.3, -0.25) is 4.79 Å². The summed E-state index contributed by atoms with van der Waals surface area (Å²) in [6, 6.07) is 21.2. The molecule has 1 saturated heterocycles. The number of hydrogen-bond donors (Lipinski definition) is 1. The largest absolute Gasteiger partial charge is 0.489 e. The Hall–Kier alpha value is -3.02. The Bertz CT molecular complexity index is 1190. The fourth-order valence-corrected chi connectivity index (χ4v) is 4.01. The summed E-state index contributed by atoms with van der Waals surface area (Å²) in [4.78, 5) is 17.5. The van der Waals surface area contributed by atoms with Gasteiger partial charge < -0.3 is 10.1 Å². The predicted octanol–water partition coefficient (Wildman–Crippen LogP) is 6.43. The van der Waals surface area contributed by atoms with Crippen molar-refractivity contribution in [2.45, 2.75) is 20.5 Å². The average molecular weight is 449 g/mol. The second-order valence-corrected chi connectivity index (χ2v) is 8.64. The molecule has 3 aromatic carbocycles. The van der Waals surface area contributed by atoms with Gasteiger partial charge in [0.1, 0.15) is 12.4 Å². The summed E-state index contributed by atoms with van der Waals surface area (Å²) >= 11 is 7.50. The quantitative estimate of drug-likeness (QED) is 0.457. The number of halogens is 1. The molecule has 1 amide bonds. The molecule has 0 aliphatic carbocycles. The van der Waals surface area contributed by atoms with E-state index in [1.807, 2.05) is 79.7 Å². The first-order chi connectivity index (χ1) is 15.0. The number of ether oxygens (including phenoxy) is 1. The average Bonchev–Trinajstić information content (AvgIpc) is 3.10. The maximum atomic E-state index is 12.3. The second kappa shape index (κ2) is 9.41. The number of nitrogens with zero attached hydrogens (tertiary/aromatic N) is 1. The maximum absolute atomic E-state index is 12.3. The molecule has 0 bridgehead atoms. The van der Waals surface area contributed by atoms with Crippen molar-refractivity contribution in [1.29, 1.82) is 0 Å². The number of carbonyl (C=O) groups is 1. The molecule has 3 aromatic rings. The van der Waals surface area contributed by atoms with Crippen LogP contribution < -0.4 is 10.1 Å². The van der Waals surface area contributed by atoms with E-state index in [9.17, 15) is 4.79 Å². The Labute approximate surface area is 191 Å². The number of benzene rings is 3. The Balaban J connectivity index is 1.42. The molecular formula is C25H21ClN2O2S. The Morgan fingerprint density at radius 2 is 1.81 bits per heavy atom. The fraction of sp³-hybridized carbons (Fsp3) is 0.120. The van der Waals surface area contributed by atoms with Crippen LogP contribution in [0.1, 0.15) is 22.3 Å². The van der Waals surface area contributed by atoms with Gasteiger partial charge in [0.25, 0.3) is 5.91 Å². The molecule has 1 heterocycles. The van der Waals surface area contributed by atoms with E-state index in [4.69, 9.17) is 16.3 Å². The highest BCUT2D eigenvalue weighted by Crippen LogP contribution is 2.29. The highest BCUT2D eigenvalue weighted by atomic mass is 35.5. The number of nitrogens with one attached hydrogen (secondary N) is 1. The van der Waals surface area contributed by atoms with Crippen LogP contribution in [0.5, 0.6) is 5.75 Å². The van der Waals surface area contributed by atoms with Gasteiger partial charge in [-0.15, -0.1) is 0 Å². The number of carbonyl (C=O) groups excluding carboxylic acids is 1. The molecule has 1 fully saturated rings. The molecule has 6 heteroatoms. The smallest absolute Gasteiger partial charge is 0.264 e. The van der Waals surface area contributed by atoms with Gasteiger partial charge in [0.15, 0.2) is 5.17 Å². The lowest BCUT2D eigenvalue weighted by Gasteiger charge is -2.08. The van der Waals surface area contributed by atoms with Crippen molar-refractivity contribution < 1.29 is 9.53 Å². The minimum absolute atomic E-state index is 0.147. The van der Waals surface area contributed by atoms with E-state index < -0.39 is 0 Å². The number of amides is 1. The third kappa shape index (κ3) is 5.37. The molecule has 156 valence electrons. The van der Waals surface area contributed by atoms with E-state index in [0.717, 1.165) is 22.6 Å². The zero-order valence-corrected chi connectivity index (χ0v) is 18.8. The Kier molecular flexibility index (Phi) is 6.44. The summed E-state index contributed by atoms with van der Waals surface area (Å²) in [5.41, 5.74) is 5.06. The summed E-state index contributed by atoms with van der Waals surface area (Å²) < 4.78 is 5.81. The molecule has 0 saturated carbocycles.